The Morgan fingerprint density at radius 3 is 2.40 bits per heavy atom. The molecule has 2 N–H and O–H groups in total. The van der Waals surface area contributed by atoms with Crippen LogP contribution in [-0.2, 0) is 11.2 Å². The summed E-state index contributed by atoms with van der Waals surface area (Å²) in [4.78, 5) is 11.6. The smallest absolute Gasteiger partial charge is 0.309 e. The summed E-state index contributed by atoms with van der Waals surface area (Å²) >= 11 is 0. The first-order valence-electron chi connectivity index (χ1n) is 7.24. The average Bonchev–Trinajstić information content (AvgIpc) is 2.63. The molecule has 0 aliphatic heterocycles. The fraction of sp³-hybridized carbons (Fsp3) is 0.588. The fourth-order valence-electron chi connectivity index (χ4n) is 3.59. The van der Waals surface area contributed by atoms with Crippen molar-refractivity contribution in [1.29, 1.82) is 0 Å². The number of aliphatic hydroxyl groups excluding tert-OH is 1. The van der Waals surface area contributed by atoms with Crippen LogP contribution in [0.2, 0.25) is 0 Å². The van der Waals surface area contributed by atoms with Crippen LogP contribution in [-0.4, -0.2) is 22.3 Å². The molecule has 0 bridgehead atoms. The number of carboxylic acids is 1. The van der Waals surface area contributed by atoms with E-state index in [0.29, 0.717) is 12.8 Å². The van der Waals surface area contributed by atoms with Crippen LogP contribution in [0.5, 0.6) is 0 Å². The second-order valence-electron chi connectivity index (χ2n) is 6.76. The van der Waals surface area contributed by atoms with Gasteiger partial charge in [0.2, 0.25) is 0 Å². The number of hydrogen-bond donors (Lipinski definition) is 2. The molecule has 0 heterocycles. The summed E-state index contributed by atoms with van der Waals surface area (Å²) in [6, 6.07) is 9.88. The Bertz CT molecular complexity index is 480. The Labute approximate surface area is 120 Å². The lowest BCUT2D eigenvalue weighted by molar-refractivity contribution is -0.155. The molecular weight excluding hydrogens is 252 g/mol. The van der Waals surface area contributed by atoms with E-state index in [9.17, 15) is 15.0 Å². The van der Waals surface area contributed by atoms with Crippen LogP contribution in [0.4, 0.5) is 0 Å². The molecule has 0 radical (unpaired) electrons. The molecule has 1 aliphatic rings. The quantitative estimate of drug-likeness (QED) is 0.888. The van der Waals surface area contributed by atoms with E-state index in [1.165, 1.54) is 0 Å². The van der Waals surface area contributed by atoms with Crippen molar-refractivity contribution in [3.63, 3.8) is 0 Å². The lowest BCUT2D eigenvalue weighted by atomic mass is 9.64. The van der Waals surface area contributed by atoms with Crippen molar-refractivity contribution in [3.8, 4) is 0 Å². The highest BCUT2D eigenvalue weighted by Crippen LogP contribution is 2.57. The third-order valence-electron chi connectivity index (χ3n) is 5.53. The summed E-state index contributed by atoms with van der Waals surface area (Å²) in [5.41, 5.74) is -0.0674. The van der Waals surface area contributed by atoms with Gasteiger partial charge in [0.1, 0.15) is 0 Å². The molecule has 3 nitrogen and oxygen atoms in total. The Hall–Kier alpha value is -1.35. The summed E-state index contributed by atoms with van der Waals surface area (Å²) < 4.78 is 0. The summed E-state index contributed by atoms with van der Waals surface area (Å²) in [6.45, 7) is 5.77. The van der Waals surface area contributed by atoms with Crippen molar-refractivity contribution in [3.05, 3.63) is 35.9 Å². The van der Waals surface area contributed by atoms with Gasteiger partial charge in [-0.05, 0) is 43.1 Å². The molecule has 20 heavy (non-hydrogen) atoms. The average molecular weight is 276 g/mol. The molecule has 0 amide bonds. The molecule has 0 spiro atoms. The number of hydrogen-bond acceptors (Lipinski definition) is 2. The lowest BCUT2D eigenvalue weighted by Gasteiger charge is -2.40. The Morgan fingerprint density at radius 1 is 1.30 bits per heavy atom. The van der Waals surface area contributed by atoms with Gasteiger partial charge in [0.05, 0.1) is 11.5 Å². The van der Waals surface area contributed by atoms with Crippen LogP contribution in [0, 0.1) is 16.7 Å². The molecule has 110 valence electrons. The van der Waals surface area contributed by atoms with Crippen molar-refractivity contribution in [2.45, 2.75) is 46.1 Å². The Balaban J connectivity index is 2.16. The molecule has 2 rings (SSSR count). The standard InChI is InChI=1S/C17H24O3/c1-16(2)13(9-10-17(16,3)15(19)20)14(18)11-12-7-5-4-6-8-12/h4-8,13-14,18H,9-11H2,1-3H3,(H,19,20)/t13-,14+,17+/m0/s1. The molecule has 1 aromatic carbocycles. The van der Waals surface area contributed by atoms with E-state index >= 15 is 0 Å². The number of rotatable bonds is 4. The van der Waals surface area contributed by atoms with Crippen molar-refractivity contribution in [1.82, 2.24) is 0 Å². The third-order valence-corrected chi connectivity index (χ3v) is 5.53. The maximum absolute atomic E-state index is 11.6. The van der Waals surface area contributed by atoms with Crippen LogP contribution in [0.25, 0.3) is 0 Å². The normalized spacial score (nSPS) is 30.1. The molecule has 3 atom stereocenters. The van der Waals surface area contributed by atoms with Gasteiger partial charge in [0, 0.05) is 0 Å². The number of carbonyl (C=O) groups is 1. The Kier molecular flexibility index (Phi) is 3.92. The van der Waals surface area contributed by atoms with E-state index in [4.69, 9.17) is 0 Å². The first kappa shape index (κ1) is 15.0. The SMILES string of the molecule is CC1(C)[C@H]([C@H](O)Cc2ccccc2)CC[C@]1(C)C(=O)O. The van der Waals surface area contributed by atoms with Crippen LogP contribution < -0.4 is 0 Å². The number of benzene rings is 1. The molecule has 0 aromatic heterocycles. The summed E-state index contributed by atoms with van der Waals surface area (Å²) in [5, 5.41) is 20.1. The zero-order valence-electron chi connectivity index (χ0n) is 12.5. The van der Waals surface area contributed by atoms with E-state index in [1.807, 2.05) is 51.1 Å². The number of aliphatic carboxylic acids is 1. The number of aliphatic hydroxyl groups is 1. The van der Waals surface area contributed by atoms with Gasteiger partial charge in [-0.15, -0.1) is 0 Å². The van der Waals surface area contributed by atoms with Crippen LogP contribution >= 0.6 is 0 Å². The van der Waals surface area contributed by atoms with Crippen LogP contribution in [0.15, 0.2) is 30.3 Å². The fourth-order valence-corrected chi connectivity index (χ4v) is 3.59. The molecule has 3 heteroatoms. The van der Waals surface area contributed by atoms with Crippen molar-refractivity contribution in [2.24, 2.45) is 16.7 Å². The summed E-state index contributed by atoms with van der Waals surface area (Å²) in [7, 11) is 0. The highest BCUT2D eigenvalue weighted by atomic mass is 16.4. The molecule has 1 fully saturated rings. The van der Waals surface area contributed by atoms with E-state index < -0.39 is 22.9 Å². The van der Waals surface area contributed by atoms with Gasteiger partial charge < -0.3 is 10.2 Å². The van der Waals surface area contributed by atoms with Gasteiger partial charge in [-0.25, -0.2) is 0 Å². The van der Waals surface area contributed by atoms with Crippen molar-refractivity contribution < 1.29 is 15.0 Å². The van der Waals surface area contributed by atoms with Gasteiger partial charge in [-0.1, -0.05) is 44.2 Å². The maximum Gasteiger partial charge on any atom is 0.309 e. The first-order chi connectivity index (χ1) is 9.29. The predicted octanol–water partition coefficient (Wildman–Crippen LogP) is 3.12. The first-order valence-corrected chi connectivity index (χ1v) is 7.24. The van der Waals surface area contributed by atoms with Crippen LogP contribution in [0.1, 0.15) is 39.2 Å². The zero-order chi connectivity index (χ0) is 15.0. The van der Waals surface area contributed by atoms with Gasteiger partial charge in [-0.3, -0.25) is 4.79 Å². The molecule has 0 unspecified atom stereocenters. The Morgan fingerprint density at radius 2 is 1.90 bits per heavy atom. The van der Waals surface area contributed by atoms with E-state index in [1.54, 1.807) is 0 Å². The second kappa shape index (κ2) is 5.21. The second-order valence-corrected chi connectivity index (χ2v) is 6.76. The largest absolute Gasteiger partial charge is 0.481 e. The van der Waals surface area contributed by atoms with Gasteiger partial charge in [0.15, 0.2) is 0 Å². The summed E-state index contributed by atoms with van der Waals surface area (Å²) in [6.07, 6.45) is 1.49. The van der Waals surface area contributed by atoms with Gasteiger partial charge in [0.25, 0.3) is 0 Å². The van der Waals surface area contributed by atoms with Gasteiger partial charge >= 0.3 is 5.97 Å². The predicted molar refractivity (Wildman–Crippen MR) is 78.4 cm³/mol. The topological polar surface area (TPSA) is 57.5 Å². The molecule has 0 saturated heterocycles. The molecule has 1 saturated carbocycles. The lowest BCUT2D eigenvalue weighted by Crippen LogP contribution is -2.44. The minimum Gasteiger partial charge on any atom is -0.481 e. The molecular formula is C17H24O3. The summed E-state index contributed by atoms with van der Waals surface area (Å²) in [5.74, 6) is -0.735. The van der Waals surface area contributed by atoms with E-state index in [-0.39, 0.29) is 5.92 Å². The minimum atomic E-state index is -0.755. The van der Waals surface area contributed by atoms with Crippen molar-refractivity contribution >= 4 is 5.97 Å². The zero-order valence-corrected chi connectivity index (χ0v) is 12.5. The van der Waals surface area contributed by atoms with Crippen molar-refractivity contribution in [2.75, 3.05) is 0 Å². The minimum absolute atomic E-state index is 0.0174. The van der Waals surface area contributed by atoms with E-state index in [2.05, 4.69) is 0 Å². The number of carboxylic acid groups (broad SMARTS) is 1. The highest BCUT2D eigenvalue weighted by Gasteiger charge is 2.57. The third kappa shape index (κ3) is 2.35. The van der Waals surface area contributed by atoms with E-state index in [0.717, 1.165) is 12.0 Å². The highest BCUT2D eigenvalue weighted by molar-refractivity contribution is 5.75. The monoisotopic (exact) mass is 276 g/mol. The maximum atomic E-state index is 11.6. The molecule has 1 aromatic rings. The molecule has 1 aliphatic carbocycles. The van der Waals surface area contributed by atoms with Gasteiger partial charge in [-0.2, -0.15) is 0 Å². The van der Waals surface area contributed by atoms with Crippen LogP contribution in [0.3, 0.4) is 0 Å².